The number of aryl methyl sites for hydroxylation is 1. The zero-order valence-electron chi connectivity index (χ0n) is 14.7. The summed E-state index contributed by atoms with van der Waals surface area (Å²) >= 11 is 0. The second-order valence-corrected chi connectivity index (χ2v) is 6.57. The van der Waals surface area contributed by atoms with Gasteiger partial charge in [-0.3, -0.25) is 4.79 Å². The number of carbonyl (C=O) groups is 1. The van der Waals surface area contributed by atoms with Gasteiger partial charge in [0, 0.05) is 30.7 Å². The smallest absolute Gasteiger partial charge is 0.293 e. The molecule has 6 heteroatoms. The van der Waals surface area contributed by atoms with Crippen molar-refractivity contribution >= 4 is 5.91 Å². The SMILES string of the molecule is CCCc1cc([C@@H]2CCCN2C(=O)c2cc(-c3ccccc3)no2)no1. The van der Waals surface area contributed by atoms with E-state index in [1.807, 2.05) is 41.3 Å². The maximum absolute atomic E-state index is 12.9. The molecule has 134 valence electrons. The molecule has 1 aromatic carbocycles. The number of hydrogen-bond acceptors (Lipinski definition) is 5. The number of aromatic nitrogens is 2. The summed E-state index contributed by atoms with van der Waals surface area (Å²) < 4.78 is 10.7. The topological polar surface area (TPSA) is 72.4 Å². The van der Waals surface area contributed by atoms with Crippen LogP contribution in [0.15, 0.2) is 51.5 Å². The second-order valence-electron chi connectivity index (χ2n) is 6.57. The molecule has 0 bridgehead atoms. The minimum atomic E-state index is -0.151. The summed E-state index contributed by atoms with van der Waals surface area (Å²) in [6.07, 6.45) is 3.67. The molecule has 2 aromatic heterocycles. The molecule has 1 aliphatic heterocycles. The van der Waals surface area contributed by atoms with E-state index in [-0.39, 0.29) is 17.7 Å². The van der Waals surface area contributed by atoms with Crippen LogP contribution in [0.3, 0.4) is 0 Å². The van der Waals surface area contributed by atoms with E-state index in [1.165, 1.54) is 0 Å². The lowest BCUT2D eigenvalue weighted by Gasteiger charge is -2.21. The Labute approximate surface area is 151 Å². The Kier molecular flexibility index (Phi) is 4.56. The normalized spacial score (nSPS) is 17.0. The Morgan fingerprint density at radius 1 is 1.19 bits per heavy atom. The van der Waals surface area contributed by atoms with Crippen LogP contribution in [0.2, 0.25) is 0 Å². The minimum Gasteiger partial charge on any atom is -0.361 e. The van der Waals surface area contributed by atoms with Crippen LogP contribution in [-0.2, 0) is 6.42 Å². The minimum absolute atomic E-state index is 0.0675. The third-order valence-corrected chi connectivity index (χ3v) is 4.72. The van der Waals surface area contributed by atoms with Gasteiger partial charge in [0.1, 0.15) is 17.1 Å². The number of benzene rings is 1. The van der Waals surface area contributed by atoms with Crippen LogP contribution in [0.1, 0.15) is 54.2 Å². The van der Waals surface area contributed by atoms with Crippen molar-refractivity contribution in [3.63, 3.8) is 0 Å². The van der Waals surface area contributed by atoms with Crippen molar-refractivity contribution in [2.45, 2.75) is 38.6 Å². The number of amides is 1. The van der Waals surface area contributed by atoms with E-state index < -0.39 is 0 Å². The largest absolute Gasteiger partial charge is 0.361 e. The van der Waals surface area contributed by atoms with E-state index in [1.54, 1.807) is 6.07 Å². The van der Waals surface area contributed by atoms with Crippen LogP contribution in [0, 0.1) is 0 Å². The lowest BCUT2D eigenvalue weighted by Crippen LogP contribution is -2.30. The third kappa shape index (κ3) is 3.14. The predicted octanol–water partition coefficient (Wildman–Crippen LogP) is 4.26. The quantitative estimate of drug-likeness (QED) is 0.687. The fraction of sp³-hybridized carbons (Fsp3) is 0.350. The molecule has 1 atom stereocenters. The van der Waals surface area contributed by atoms with E-state index in [0.29, 0.717) is 12.2 Å². The molecule has 1 saturated heterocycles. The van der Waals surface area contributed by atoms with E-state index in [4.69, 9.17) is 9.05 Å². The molecular formula is C20H21N3O3. The third-order valence-electron chi connectivity index (χ3n) is 4.72. The van der Waals surface area contributed by atoms with E-state index >= 15 is 0 Å². The fourth-order valence-electron chi connectivity index (χ4n) is 3.43. The van der Waals surface area contributed by atoms with Crippen molar-refractivity contribution in [2.24, 2.45) is 0 Å². The van der Waals surface area contributed by atoms with Crippen molar-refractivity contribution in [3.05, 3.63) is 59.7 Å². The molecule has 4 rings (SSSR count). The molecule has 26 heavy (non-hydrogen) atoms. The Hall–Kier alpha value is -2.89. The van der Waals surface area contributed by atoms with Gasteiger partial charge in [-0.2, -0.15) is 0 Å². The van der Waals surface area contributed by atoms with Gasteiger partial charge in [0.2, 0.25) is 5.76 Å². The summed E-state index contributed by atoms with van der Waals surface area (Å²) in [5.74, 6) is 0.975. The van der Waals surface area contributed by atoms with Crippen molar-refractivity contribution in [1.29, 1.82) is 0 Å². The van der Waals surface area contributed by atoms with Gasteiger partial charge in [-0.05, 0) is 19.3 Å². The first-order valence-corrected chi connectivity index (χ1v) is 9.05. The van der Waals surface area contributed by atoms with Crippen molar-refractivity contribution in [2.75, 3.05) is 6.54 Å². The molecule has 0 unspecified atom stereocenters. The zero-order valence-corrected chi connectivity index (χ0v) is 14.7. The number of rotatable bonds is 5. The maximum atomic E-state index is 12.9. The van der Waals surface area contributed by atoms with Crippen LogP contribution < -0.4 is 0 Å². The Morgan fingerprint density at radius 3 is 2.85 bits per heavy atom. The summed E-state index contributed by atoms with van der Waals surface area (Å²) in [7, 11) is 0. The van der Waals surface area contributed by atoms with Gasteiger partial charge in [-0.25, -0.2) is 0 Å². The molecule has 3 aromatic rings. The fourth-order valence-corrected chi connectivity index (χ4v) is 3.43. The van der Waals surface area contributed by atoms with Gasteiger partial charge in [-0.1, -0.05) is 47.6 Å². The maximum Gasteiger partial charge on any atom is 0.293 e. The highest BCUT2D eigenvalue weighted by Crippen LogP contribution is 2.33. The highest BCUT2D eigenvalue weighted by Gasteiger charge is 2.34. The van der Waals surface area contributed by atoms with Crippen LogP contribution in [0.5, 0.6) is 0 Å². The van der Waals surface area contributed by atoms with E-state index in [0.717, 1.165) is 42.7 Å². The molecule has 0 radical (unpaired) electrons. The number of carbonyl (C=O) groups excluding carboxylic acids is 1. The highest BCUT2D eigenvalue weighted by atomic mass is 16.5. The van der Waals surface area contributed by atoms with Crippen LogP contribution in [0.25, 0.3) is 11.3 Å². The summed E-state index contributed by atoms with van der Waals surface area (Å²) in [4.78, 5) is 14.8. The lowest BCUT2D eigenvalue weighted by molar-refractivity contribution is 0.0688. The monoisotopic (exact) mass is 351 g/mol. The van der Waals surface area contributed by atoms with Crippen molar-refractivity contribution in [3.8, 4) is 11.3 Å². The van der Waals surface area contributed by atoms with Gasteiger partial charge < -0.3 is 13.9 Å². The van der Waals surface area contributed by atoms with Crippen LogP contribution in [-0.4, -0.2) is 27.7 Å². The molecule has 0 aliphatic carbocycles. The first-order valence-electron chi connectivity index (χ1n) is 9.05. The highest BCUT2D eigenvalue weighted by molar-refractivity contribution is 5.92. The van der Waals surface area contributed by atoms with E-state index in [2.05, 4.69) is 17.2 Å². The average Bonchev–Trinajstić information content (AvgIpc) is 3.42. The standard InChI is InChI=1S/C20H21N3O3/c1-2-7-15-12-17(22-25-15)18-10-6-11-23(18)20(24)19-13-16(21-26-19)14-8-4-3-5-9-14/h3-5,8-9,12-13,18H,2,6-7,10-11H2,1H3/t18-/m0/s1. The summed E-state index contributed by atoms with van der Waals surface area (Å²) in [6, 6.07) is 13.3. The van der Waals surface area contributed by atoms with Gasteiger partial charge in [-0.15, -0.1) is 0 Å². The Morgan fingerprint density at radius 2 is 2.04 bits per heavy atom. The number of hydrogen-bond donors (Lipinski definition) is 0. The molecule has 0 saturated carbocycles. The first kappa shape index (κ1) is 16.6. The van der Waals surface area contributed by atoms with E-state index in [9.17, 15) is 4.79 Å². The number of nitrogens with zero attached hydrogens (tertiary/aromatic N) is 3. The van der Waals surface area contributed by atoms with Gasteiger partial charge in [0.25, 0.3) is 5.91 Å². The van der Waals surface area contributed by atoms with Gasteiger partial charge in [0.05, 0.1) is 6.04 Å². The molecule has 6 nitrogen and oxygen atoms in total. The average molecular weight is 351 g/mol. The molecule has 1 fully saturated rings. The van der Waals surface area contributed by atoms with Gasteiger partial charge >= 0.3 is 0 Å². The Balaban J connectivity index is 1.54. The zero-order chi connectivity index (χ0) is 17.9. The van der Waals surface area contributed by atoms with Crippen molar-refractivity contribution in [1.82, 2.24) is 15.2 Å². The van der Waals surface area contributed by atoms with Crippen LogP contribution >= 0.6 is 0 Å². The summed E-state index contributed by atoms with van der Waals surface area (Å²) in [6.45, 7) is 2.78. The molecule has 0 N–H and O–H groups in total. The molecular weight excluding hydrogens is 330 g/mol. The number of likely N-dealkylation sites (tertiary alicyclic amines) is 1. The second kappa shape index (κ2) is 7.15. The summed E-state index contributed by atoms with van der Waals surface area (Å²) in [5.41, 5.74) is 2.41. The summed E-state index contributed by atoms with van der Waals surface area (Å²) in [5, 5.41) is 8.23. The molecule has 0 spiro atoms. The predicted molar refractivity (Wildman–Crippen MR) is 95.4 cm³/mol. The van der Waals surface area contributed by atoms with Gasteiger partial charge in [0.15, 0.2) is 0 Å². The first-order chi connectivity index (χ1) is 12.8. The van der Waals surface area contributed by atoms with Crippen molar-refractivity contribution < 1.29 is 13.8 Å². The van der Waals surface area contributed by atoms with Crippen LogP contribution in [0.4, 0.5) is 0 Å². The Bertz CT molecular complexity index is 885. The molecule has 1 aliphatic rings. The molecule has 1 amide bonds. The lowest BCUT2D eigenvalue weighted by atomic mass is 10.1. The molecule has 3 heterocycles.